The molecule has 78 valence electrons. The maximum atomic E-state index is 8.67. The minimum Gasteiger partial charge on any atom is -0.388 e. The third-order valence-corrected chi connectivity index (χ3v) is 2.36. The van der Waals surface area contributed by atoms with Crippen molar-refractivity contribution < 1.29 is 0 Å². The van der Waals surface area contributed by atoms with Crippen LogP contribution in [0, 0.1) is 11.3 Å². The minimum atomic E-state index is 0.579. The van der Waals surface area contributed by atoms with E-state index >= 15 is 0 Å². The van der Waals surface area contributed by atoms with Crippen LogP contribution < -0.4 is 5.32 Å². The smallest absolute Gasteiger partial charge is 0.101 e. The van der Waals surface area contributed by atoms with Gasteiger partial charge < -0.3 is 5.32 Å². The number of hydrogen-bond acceptors (Lipinski definition) is 3. The number of hydrogen-bond donors (Lipinski definition) is 1. The molecular formula is C13H11N3. The number of benzene rings is 1. The molecule has 2 rings (SSSR count). The van der Waals surface area contributed by atoms with Crippen LogP contribution in [-0.4, -0.2) is 12.0 Å². The molecule has 0 aliphatic heterocycles. The molecule has 2 aromatic rings. The normalized spacial score (nSPS) is 9.50. The zero-order chi connectivity index (χ0) is 11.4. The summed E-state index contributed by atoms with van der Waals surface area (Å²) in [6, 6.07) is 13.7. The van der Waals surface area contributed by atoms with Gasteiger partial charge in [0.15, 0.2) is 0 Å². The van der Waals surface area contributed by atoms with Crippen LogP contribution in [0.4, 0.5) is 5.69 Å². The van der Waals surface area contributed by atoms with Crippen molar-refractivity contribution in [1.82, 2.24) is 4.98 Å². The fourth-order valence-electron chi connectivity index (χ4n) is 1.44. The Hall–Kier alpha value is -2.34. The van der Waals surface area contributed by atoms with E-state index in [0.717, 1.165) is 16.9 Å². The van der Waals surface area contributed by atoms with Gasteiger partial charge in [0, 0.05) is 24.5 Å². The maximum absolute atomic E-state index is 8.67. The highest BCUT2D eigenvalue weighted by molar-refractivity contribution is 5.62. The molecule has 0 unspecified atom stereocenters. The first-order valence-electron chi connectivity index (χ1n) is 4.98. The summed E-state index contributed by atoms with van der Waals surface area (Å²) in [7, 11) is 1.88. The van der Waals surface area contributed by atoms with E-state index in [9.17, 15) is 0 Å². The lowest BCUT2D eigenvalue weighted by Crippen LogP contribution is -1.88. The second-order valence-corrected chi connectivity index (χ2v) is 3.37. The molecule has 3 nitrogen and oxygen atoms in total. The molecule has 0 fully saturated rings. The number of rotatable bonds is 2. The fourth-order valence-corrected chi connectivity index (χ4v) is 1.44. The van der Waals surface area contributed by atoms with Crippen LogP contribution in [0.25, 0.3) is 11.3 Å². The molecule has 1 aromatic carbocycles. The van der Waals surface area contributed by atoms with Crippen molar-refractivity contribution in [2.24, 2.45) is 0 Å². The predicted octanol–water partition coefficient (Wildman–Crippen LogP) is 2.66. The Morgan fingerprint density at radius 2 is 1.88 bits per heavy atom. The topological polar surface area (TPSA) is 48.7 Å². The molecule has 0 saturated heterocycles. The summed E-state index contributed by atoms with van der Waals surface area (Å²) in [6.45, 7) is 0. The van der Waals surface area contributed by atoms with Gasteiger partial charge in [0.05, 0.1) is 11.3 Å². The maximum Gasteiger partial charge on any atom is 0.101 e. The van der Waals surface area contributed by atoms with Crippen LogP contribution in [0.3, 0.4) is 0 Å². The molecule has 0 radical (unpaired) electrons. The second kappa shape index (κ2) is 4.45. The molecule has 0 spiro atoms. The van der Waals surface area contributed by atoms with E-state index in [4.69, 9.17) is 5.26 Å². The summed E-state index contributed by atoms with van der Waals surface area (Å²) in [4.78, 5) is 4.23. The highest BCUT2D eigenvalue weighted by atomic mass is 14.8. The number of aromatic nitrogens is 1. The van der Waals surface area contributed by atoms with Crippen molar-refractivity contribution in [2.45, 2.75) is 0 Å². The van der Waals surface area contributed by atoms with Crippen LogP contribution in [0.5, 0.6) is 0 Å². The molecule has 0 amide bonds. The van der Waals surface area contributed by atoms with Crippen molar-refractivity contribution >= 4 is 5.69 Å². The van der Waals surface area contributed by atoms with Gasteiger partial charge >= 0.3 is 0 Å². The third kappa shape index (κ3) is 2.01. The van der Waals surface area contributed by atoms with Crippen molar-refractivity contribution in [1.29, 1.82) is 5.26 Å². The Labute approximate surface area is 94.4 Å². The van der Waals surface area contributed by atoms with Gasteiger partial charge in [-0.2, -0.15) is 5.26 Å². The number of nitrogens with zero attached hydrogens (tertiary/aromatic N) is 2. The average molecular weight is 209 g/mol. The first kappa shape index (κ1) is 10.2. The lowest BCUT2D eigenvalue weighted by atomic mass is 10.1. The Kier molecular flexibility index (Phi) is 2.84. The van der Waals surface area contributed by atoms with Gasteiger partial charge in [0.25, 0.3) is 0 Å². The predicted molar refractivity (Wildman–Crippen MR) is 63.9 cm³/mol. The van der Waals surface area contributed by atoms with Gasteiger partial charge in [0.1, 0.15) is 6.07 Å². The number of pyridine rings is 1. The molecule has 1 heterocycles. The van der Waals surface area contributed by atoms with Crippen LogP contribution in [-0.2, 0) is 0 Å². The monoisotopic (exact) mass is 209 g/mol. The quantitative estimate of drug-likeness (QED) is 0.827. The van der Waals surface area contributed by atoms with Gasteiger partial charge in [-0.15, -0.1) is 0 Å². The van der Waals surface area contributed by atoms with E-state index < -0.39 is 0 Å². The van der Waals surface area contributed by atoms with Crippen molar-refractivity contribution in [3.63, 3.8) is 0 Å². The SMILES string of the molecule is CNc1ccc(-c2ccc(C#N)cn2)cc1. The molecule has 3 heteroatoms. The highest BCUT2D eigenvalue weighted by Crippen LogP contribution is 2.19. The van der Waals surface area contributed by atoms with E-state index in [1.54, 1.807) is 12.3 Å². The van der Waals surface area contributed by atoms with E-state index in [1.165, 1.54) is 0 Å². The molecular weight excluding hydrogens is 198 g/mol. The summed E-state index contributed by atoms with van der Waals surface area (Å²) in [5.74, 6) is 0. The second-order valence-electron chi connectivity index (χ2n) is 3.37. The van der Waals surface area contributed by atoms with Gasteiger partial charge in [-0.05, 0) is 24.3 Å². The van der Waals surface area contributed by atoms with Gasteiger partial charge in [0.2, 0.25) is 0 Å². The van der Waals surface area contributed by atoms with Crippen molar-refractivity contribution in [3.05, 3.63) is 48.2 Å². The van der Waals surface area contributed by atoms with E-state index in [0.29, 0.717) is 5.56 Å². The largest absolute Gasteiger partial charge is 0.388 e. The zero-order valence-corrected chi connectivity index (χ0v) is 8.94. The van der Waals surface area contributed by atoms with Gasteiger partial charge in [-0.1, -0.05) is 12.1 Å². The Morgan fingerprint density at radius 3 is 2.38 bits per heavy atom. The first-order chi connectivity index (χ1) is 7.83. The Balaban J connectivity index is 2.32. The summed E-state index contributed by atoms with van der Waals surface area (Å²) >= 11 is 0. The molecule has 0 bridgehead atoms. The minimum absolute atomic E-state index is 0.579. The fraction of sp³-hybridized carbons (Fsp3) is 0.0769. The number of nitriles is 1. The average Bonchev–Trinajstić information content (AvgIpc) is 2.39. The van der Waals surface area contributed by atoms with Crippen LogP contribution in [0.1, 0.15) is 5.56 Å². The van der Waals surface area contributed by atoms with Crippen LogP contribution >= 0.6 is 0 Å². The summed E-state index contributed by atoms with van der Waals surface area (Å²) in [5, 5.41) is 11.7. The van der Waals surface area contributed by atoms with Crippen LogP contribution in [0.2, 0.25) is 0 Å². The zero-order valence-electron chi connectivity index (χ0n) is 8.94. The lowest BCUT2D eigenvalue weighted by molar-refractivity contribution is 1.30. The molecule has 0 atom stereocenters. The van der Waals surface area contributed by atoms with E-state index in [1.807, 2.05) is 37.4 Å². The summed E-state index contributed by atoms with van der Waals surface area (Å²) in [6.07, 6.45) is 1.58. The van der Waals surface area contributed by atoms with E-state index in [-0.39, 0.29) is 0 Å². The van der Waals surface area contributed by atoms with Crippen LogP contribution in [0.15, 0.2) is 42.6 Å². The standard InChI is InChI=1S/C13H11N3/c1-15-12-5-3-11(4-6-12)13-7-2-10(8-14)9-16-13/h2-7,9,15H,1H3. The molecule has 0 saturated carbocycles. The van der Waals surface area contributed by atoms with Gasteiger partial charge in [-0.3, -0.25) is 4.98 Å². The van der Waals surface area contributed by atoms with E-state index in [2.05, 4.69) is 16.4 Å². The Morgan fingerprint density at radius 1 is 1.12 bits per heavy atom. The molecule has 0 aliphatic rings. The summed E-state index contributed by atoms with van der Waals surface area (Å²) < 4.78 is 0. The summed E-state index contributed by atoms with van der Waals surface area (Å²) in [5.41, 5.74) is 3.57. The molecule has 16 heavy (non-hydrogen) atoms. The van der Waals surface area contributed by atoms with Crippen molar-refractivity contribution in [2.75, 3.05) is 12.4 Å². The highest BCUT2D eigenvalue weighted by Gasteiger charge is 1.99. The molecule has 1 aromatic heterocycles. The number of anilines is 1. The third-order valence-electron chi connectivity index (χ3n) is 2.36. The van der Waals surface area contributed by atoms with Gasteiger partial charge in [-0.25, -0.2) is 0 Å². The van der Waals surface area contributed by atoms with Crippen molar-refractivity contribution in [3.8, 4) is 17.3 Å². The Bertz CT molecular complexity index is 506. The molecule has 0 aliphatic carbocycles. The number of nitrogens with one attached hydrogen (secondary N) is 1. The first-order valence-corrected chi connectivity index (χ1v) is 4.98. The lowest BCUT2D eigenvalue weighted by Gasteiger charge is -2.03. The molecule has 1 N–H and O–H groups in total.